The van der Waals surface area contributed by atoms with Crippen molar-refractivity contribution in [2.24, 2.45) is 0 Å². The van der Waals surface area contributed by atoms with E-state index in [0.717, 1.165) is 43.4 Å². The third-order valence-corrected chi connectivity index (χ3v) is 7.33. The molecule has 1 aliphatic carbocycles. The molecular formula is C24H29ClN2O3S. The number of carbonyl (C=O) groups is 2. The molecule has 1 aromatic heterocycles. The van der Waals surface area contributed by atoms with Crippen LogP contribution in [0.25, 0.3) is 0 Å². The van der Waals surface area contributed by atoms with Crippen LogP contribution in [-0.4, -0.2) is 42.0 Å². The summed E-state index contributed by atoms with van der Waals surface area (Å²) in [7, 11) is 0. The number of nitrogens with zero attached hydrogens (tertiary/aromatic N) is 1. The molecule has 2 heterocycles. The fourth-order valence-corrected chi connectivity index (χ4v) is 5.46. The molecule has 2 amide bonds. The molecule has 4 rings (SSSR count). The van der Waals surface area contributed by atoms with Crippen molar-refractivity contribution in [1.82, 2.24) is 10.2 Å². The van der Waals surface area contributed by atoms with Gasteiger partial charge in [0.2, 0.25) is 11.8 Å². The average Bonchev–Trinajstić information content (AvgIpc) is 3.53. The van der Waals surface area contributed by atoms with Gasteiger partial charge in [0.1, 0.15) is 6.04 Å². The second-order valence-electron chi connectivity index (χ2n) is 8.35. The summed E-state index contributed by atoms with van der Waals surface area (Å²) in [6, 6.07) is 10.6. The quantitative estimate of drug-likeness (QED) is 0.618. The fourth-order valence-electron chi connectivity index (χ4n) is 4.52. The van der Waals surface area contributed by atoms with Crippen molar-refractivity contribution in [3.05, 3.63) is 57.2 Å². The topological polar surface area (TPSA) is 58.6 Å². The Balaban J connectivity index is 1.65. The van der Waals surface area contributed by atoms with E-state index in [1.54, 1.807) is 22.3 Å². The second kappa shape index (κ2) is 10.6. The van der Waals surface area contributed by atoms with Crippen LogP contribution in [0.15, 0.2) is 41.8 Å². The highest BCUT2D eigenvalue weighted by atomic mass is 35.5. The lowest BCUT2D eigenvalue weighted by molar-refractivity contribution is -0.142. The molecule has 1 saturated carbocycles. The number of nitrogens with one attached hydrogen (secondary N) is 1. The molecule has 0 bridgehead atoms. The Morgan fingerprint density at radius 2 is 1.94 bits per heavy atom. The largest absolute Gasteiger partial charge is 0.376 e. The number of hydrogen-bond donors (Lipinski definition) is 1. The van der Waals surface area contributed by atoms with Gasteiger partial charge in [-0.15, -0.1) is 11.3 Å². The van der Waals surface area contributed by atoms with Gasteiger partial charge in [0.25, 0.3) is 0 Å². The predicted octanol–water partition coefficient (Wildman–Crippen LogP) is 4.75. The third kappa shape index (κ3) is 5.68. The van der Waals surface area contributed by atoms with E-state index in [0.29, 0.717) is 23.7 Å². The molecule has 2 unspecified atom stereocenters. The first-order valence-electron chi connectivity index (χ1n) is 11.1. The van der Waals surface area contributed by atoms with Crippen molar-refractivity contribution in [2.45, 2.75) is 63.1 Å². The van der Waals surface area contributed by atoms with Crippen LogP contribution in [0.1, 0.15) is 55.0 Å². The van der Waals surface area contributed by atoms with Gasteiger partial charge in [0.05, 0.1) is 12.5 Å². The molecule has 7 heteroatoms. The van der Waals surface area contributed by atoms with Crippen molar-refractivity contribution in [2.75, 3.05) is 13.2 Å². The van der Waals surface area contributed by atoms with Crippen molar-refractivity contribution >= 4 is 34.8 Å². The SMILES string of the molecule is O=C(NC1CCCC1)C(c1ccccc1Cl)N(CC1CCCO1)C(=O)Cc1cccs1. The molecule has 2 aromatic rings. The summed E-state index contributed by atoms with van der Waals surface area (Å²) in [5.41, 5.74) is 0.664. The summed E-state index contributed by atoms with van der Waals surface area (Å²) in [5, 5.41) is 5.65. The second-order valence-corrected chi connectivity index (χ2v) is 9.79. The highest BCUT2D eigenvalue weighted by Gasteiger charge is 2.36. The molecule has 5 nitrogen and oxygen atoms in total. The van der Waals surface area contributed by atoms with Gasteiger partial charge in [0.15, 0.2) is 0 Å². The number of halogens is 1. The number of ether oxygens (including phenoxy) is 1. The van der Waals surface area contributed by atoms with E-state index in [2.05, 4.69) is 5.32 Å². The monoisotopic (exact) mass is 460 g/mol. The van der Waals surface area contributed by atoms with E-state index in [4.69, 9.17) is 16.3 Å². The first kappa shape index (κ1) is 22.3. The Morgan fingerprint density at radius 1 is 1.13 bits per heavy atom. The van der Waals surface area contributed by atoms with Gasteiger partial charge in [-0.25, -0.2) is 0 Å². The van der Waals surface area contributed by atoms with Gasteiger partial charge < -0.3 is 15.0 Å². The minimum atomic E-state index is -0.772. The molecule has 166 valence electrons. The maximum atomic E-state index is 13.6. The van der Waals surface area contributed by atoms with E-state index in [1.807, 2.05) is 35.7 Å². The van der Waals surface area contributed by atoms with Gasteiger partial charge in [-0.3, -0.25) is 9.59 Å². The van der Waals surface area contributed by atoms with E-state index in [-0.39, 0.29) is 30.4 Å². The molecule has 0 radical (unpaired) electrons. The van der Waals surface area contributed by atoms with Crippen molar-refractivity contribution < 1.29 is 14.3 Å². The van der Waals surface area contributed by atoms with E-state index < -0.39 is 6.04 Å². The van der Waals surface area contributed by atoms with Gasteiger partial charge >= 0.3 is 0 Å². The molecular weight excluding hydrogens is 432 g/mol. The lowest BCUT2D eigenvalue weighted by Crippen LogP contribution is -2.49. The standard InChI is InChI=1S/C24H29ClN2O3S/c25-21-12-4-3-11-20(21)23(24(29)26-17-7-1-2-8-17)27(16-18-9-5-13-30-18)22(28)15-19-10-6-14-31-19/h3-4,6,10-12,14,17-18,23H,1-2,5,7-9,13,15-16H2,(H,26,29). The zero-order valence-electron chi connectivity index (χ0n) is 17.6. The molecule has 2 atom stereocenters. The molecule has 31 heavy (non-hydrogen) atoms. The van der Waals surface area contributed by atoms with Crippen molar-refractivity contribution in [3.8, 4) is 0 Å². The molecule has 0 spiro atoms. The first-order chi connectivity index (χ1) is 15.1. The number of thiophene rings is 1. The zero-order valence-corrected chi connectivity index (χ0v) is 19.2. The van der Waals surface area contributed by atoms with Crippen LogP contribution >= 0.6 is 22.9 Å². The number of hydrogen-bond acceptors (Lipinski definition) is 4. The highest BCUT2D eigenvalue weighted by Crippen LogP contribution is 2.31. The maximum absolute atomic E-state index is 13.6. The highest BCUT2D eigenvalue weighted by molar-refractivity contribution is 7.10. The Bertz CT molecular complexity index is 877. The van der Waals surface area contributed by atoms with Gasteiger partial charge in [0, 0.05) is 34.7 Å². The van der Waals surface area contributed by atoms with E-state index in [9.17, 15) is 9.59 Å². The zero-order chi connectivity index (χ0) is 21.6. The smallest absolute Gasteiger partial charge is 0.247 e. The summed E-state index contributed by atoms with van der Waals surface area (Å²) in [5.74, 6) is -0.234. The van der Waals surface area contributed by atoms with Crippen LogP contribution in [0.2, 0.25) is 5.02 Å². The maximum Gasteiger partial charge on any atom is 0.247 e. The van der Waals surface area contributed by atoms with Gasteiger partial charge in [-0.2, -0.15) is 0 Å². The Labute approximate surface area is 192 Å². The summed E-state index contributed by atoms with van der Waals surface area (Å²) < 4.78 is 5.84. The van der Waals surface area contributed by atoms with Gasteiger partial charge in [-0.1, -0.05) is 48.7 Å². The van der Waals surface area contributed by atoms with Crippen LogP contribution in [-0.2, 0) is 20.7 Å². The fraction of sp³-hybridized carbons (Fsp3) is 0.500. The average molecular weight is 461 g/mol. The van der Waals surface area contributed by atoms with E-state index >= 15 is 0 Å². The normalized spacial score (nSPS) is 20.0. The lowest BCUT2D eigenvalue weighted by Gasteiger charge is -2.34. The minimum absolute atomic E-state index is 0.0587. The van der Waals surface area contributed by atoms with Crippen LogP contribution in [0, 0.1) is 0 Å². The summed E-state index contributed by atoms with van der Waals surface area (Å²) >= 11 is 8.09. The van der Waals surface area contributed by atoms with E-state index in [1.165, 1.54) is 0 Å². The summed E-state index contributed by atoms with van der Waals surface area (Å²) in [4.78, 5) is 29.8. The molecule has 2 aliphatic rings. The van der Waals surface area contributed by atoms with Gasteiger partial charge in [-0.05, 0) is 43.2 Å². The van der Waals surface area contributed by atoms with Crippen LogP contribution in [0.5, 0.6) is 0 Å². The van der Waals surface area contributed by atoms with Crippen LogP contribution < -0.4 is 5.32 Å². The molecule has 1 aromatic carbocycles. The molecule has 1 aliphatic heterocycles. The predicted molar refractivity (Wildman–Crippen MR) is 123 cm³/mol. The Morgan fingerprint density at radius 3 is 2.61 bits per heavy atom. The molecule has 1 N–H and O–H groups in total. The summed E-state index contributed by atoms with van der Waals surface area (Å²) in [6.45, 7) is 1.08. The number of amides is 2. The van der Waals surface area contributed by atoms with Crippen molar-refractivity contribution in [1.29, 1.82) is 0 Å². The first-order valence-corrected chi connectivity index (χ1v) is 12.4. The minimum Gasteiger partial charge on any atom is -0.376 e. The number of rotatable bonds is 8. The molecule has 2 fully saturated rings. The number of benzene rings is 1. The van der Waals surface area contributed by atoms with Crippen LogP contribution in [0.4, 0.5) is 0 Å². The summed E-state index contributed by atoms with van der Waals surface area (Å²) in [6.07, 6.45) is 6.28. The van der Waals surface area contributed by atoms with Crippen molar-refractivity contribution in [3.63, 3.8) is 0 Å². The number of carbonyl (C=O) groups excluding carboxylic acids is 2. The lowest BCUT2D eigenvalue weighted by atomic mass is 10.0. The Kier molecular flexibility index (Phi) is 7.64. The molecule has 1 saturated heterocycles. The third-order valence-electron chi connectivity index (χ3n) is 6.11. The Hall–Kier alpha value is -1.89. The van der Waals surface area contributed by atoms with Crippen LogP contribution in [0.3, 0.4) is 0 Å².